The van der Waals surface area contributed by atoms with Gasteiger partial charge in [0.05, 0.1) is 18.1 Å². The van der Waals surface area contributed by atoms with Crippen LogP contribution >= 0.6 is 0 Å². The van der Waals surface area contributed by atoms with Crippen LogP contribution in [0.1, 0.15) is 11.1 Å². The highest BCUT2D eigenvalue weighted by atomic mass is 19.4. The summed E-state index contributed by atoms with van der Waals surface area (Å²) in [4.78, 5) is 0. The molecule has 0 saturated carbocycles. The molecular formula is C15H10F3N. The third kappa shape index (κ3) is 2.76. The van der Waals surface area contributed by atoms with Gasteiger partial charge >= 0.3 is 6.18 Å². The fourth-order valence-corrected chi connectivity index (χ4v) is 2.01. The average Bonchev–Trinajstić information content (AvgIpc) is 2.39. The molecule has 0 unspecified atom stereocenters. The van der Waals surface area contributed by atoms with Crippen molar-refractivity contribution in [3.63, 3.8) is 0 Å². The molecule has 0 radical (unpaired) electrons. The van der Waals surface area contributed by atoms with E-state index in [1.54, 1.807) is 36.4 Å². The summed E-state index contributed by atoms with van der Waals surface area (Å²) in [5.74, 6) is 0. The van der Waals surface area contributed by atoms with E-state index < -0.39 is 11.7 Å². The molecule has 0 aromatic heterocycles. The first-order chi connectivity index (χ1) is 9.04. The zero-order valence-corrected chi connectivity index (χ0v) is 9.91. The van der Waals surface area contributed by atoms with Crippen LogP contribution < -0.4 is 0 Å². The zero-order valence-electron chi connectivity index (χ0n) is 9.91. The molecule has 2 aromatic carbocycles. The van der Waals surface area contributed by atoms with Gasteiger partial charge < -0.3 is 0 Å². The maximum Gasteiger partial charge on any atom is 0.417 e. The Bertz CT molecular complexity index is 610. The van der Waals surface area contributed by atoms with Crippen molar-refractivity contribution in [3.8, 4) is 17.2 Å². The lowest BCUT2D eigenvalue weighted by molar-refractivity contribution is -0.137. The fourth-order valence-electron chi connectivity index (χ4n) is 2.01. The smallest absolute Gasteiger partial charge is 0.198 e. The van der Waals surface area contributed by atoms with Gasteiger partial charge in [0.15, 0.2) is 0 Å². The Morgan fingerprint density at radius 3 is 2.21 bits per heavy atom. The Kier molecular flexibility index (Phi) is 3.57. The van der Waals surface area contributed by atoms with Crippen molar-refractivity contribution in [1.29, 1.82) is 5.26 Å². The molecule has 0 spiro atoms. The van der Waals surface area contributed by atoms with Gasteiger partial charge in [-0.15, -0.1) is 0 Å². The predicted octanol–water partition coefficient (Wildman–Crippen LogP) is 4.44. The van der Waals surface area contributed by atoms with Crippen LogP contribution in [-0.2, 0) is 12.6 Å². The number of rotatable bonds is 2. The van der Waals surface area contributed by atoms with E-state index in [9.17, 15) is 13.2 Å². The molecule has 0 amide bonds. The third-order valence-electron chi connectivity index (χ3n) is 2.79. The zero-order chi connectivity index (χ0) is 13.9. The normalized spacial score (nSPS) is 11.1. The molecule has 0 bridgehead atoms. The molecule has 4 heteroatoms. The van der Waals surface area contributed by atoms with Gasteiger partial charge in [-0.05, 0) is 22.8 Å². The standard InChI is InChI=1S/C15H10F3N/c16-15(17,18)13-8-4-7-12(9-10-19)14(13)11-5-2-1-3-6-11/h1-8H,9H2. The lowest BCUT2D eigenvalue weighted by Crippen LogP contribution is -2.08. The third-order valence-corrected chi connectivity index (χ3v) is 2.79. The highest BCUT2D eigenvalue weighted by Crippen LogP contribution is 2.39. The minimum absolute atomic E-state index is 0.0475. The minimum Gasteiger partial charge on any atom is -0.198 e. The van der Waals surface area contributed by atoms with Crippen molar-refractivity contribution in [1.82, 2.24) is 0 Å². The molecule has 96 valence electrons. The second-order valence-electron chi connectivity index (χ2n) is 4.04. The Hall–Kier alpha value is -2.28. The number of hydrogen-bond donors (Lipinski definition) is 0. The molecule has 19 heavy (non-hydrogen) atoms. The van der Waals surface area contributed by atoms with E-state index in [1.165, 1.54) is 6.07 Å². The maximum atomic E-state index is 13.1. The van der Waals surface area contributed by atoms with Crippen LogP contribution in [0.4, 0.5) is 13.2 Å². The number of benzene rings is 2. The molecule has 1 nitrogen and oxygen atoms in total. The van der Waals surface area contributed by atoms with Crippen LogP contribution in [0.25, 0.3) is 11.1 Å². The van der Waals surface area contributed by atoms with Crippen LogP contribution in [0.3, 0.4) is 0 Å². The lowest BCUT2D eigenvalue weighted by atomic mass is 9.93. The van der Waals surface area contributed by atoms with Gasteiger partial charge in [-0.25, -0.2) is 0 Å². The number of nitrogens with zero attached hydrogens (tertiary/aromatic N) is 1. The first-order valence-electron chi connectivity index (χ1n) is 5.65. The molecule has 0 heterocycles. The molecule has 2 aromatic rings. The summed E-state index contributed by atoms with van der Waals surface area (Å²) in [5.41, 5.74) is 0.257. The first kappa shape index (κ1) is 13.2. The van der Waals surface area contributed by atoms with Gasteiger partial charge in [-0.1, -0.05) is 42.5 Å². The average molecular weight is 261 g/mol. The molecule has 2 rings (SSSR count). The molecule has 0 aliphatic carbocycles. The molecule has 0 saturated heterocycles. The second kappa shape index (κ2) is 5.15. The van der Waals surface area contributed by atoms with Crippen LogP contribution in [0.2, 0.25) is 0 Å². The van der Waals surface area contributed by atoms with Gasteiger partial charge in [0.25, 0.3) is 0 Å². The Labute approximate surface area is 108 Å². The Morgan fingerprint density at radius 1 is 0.947 bits per heavy atom. The van der Waals surface area contributed by atoms with E-state index in [2.05, 4.69) is 0 Å². The number of halogens is 3. The van der Waals surface area contributed by atoms with E-state index in [0.717, 1.165) is 6.07 Å². The molecule has 0 atom stereocenters. The minimum atomic E-state index is -4.43. The molecule has 0 aliphatic rings. The molecule has 0 N–H and O–H groups in total. The number of hydrogen-bond acceptors (Lipinski definition) is 1. The van der Waals surface area contributed by atoms with Crippen molar-refractivity contribution >= 4 is 0 Å². The number of alkyl halides is 3. The topological polar surface area (TPSA) is 23.8 Å². The summed E-state index contributed by atoms with van der Waals surface area (Å²) in [7, 11) is 0. The van der Waals surface area contributed by atoms with Gasteiger partial charge in [-0.3, -0.25) is 0 Å². The summed E-state index contributed by atoms with van der Waals surface area (Å²) >= 11 is 0. The SMILES string of the molecule is N#CCc1cccc(C(F)(F)F)c1-c1ccccc1. The van der Waals surface area contributed by atoms with Crippen molar-refractivity contribution in [2.75, 3.05) is 0 Å². The molecular weight excluding hydrogens is 251 g/mol. The van der Waals surface area contributed by atoms with E-state index in [-0.39, 0.29) is 12.0 Å². The monoisotopic (exact) mass is 261 g/mol. The van der Waals surface area contributed by atoms with Gasteiger partial charge in [-0.2, -0.15) is 18.4 Å². The predicted molar refractivity (Wildman–Crippen MR) is 66.2 cm³/mol. The van der Waals surface area contributed by atoms with E-state index in [0.29, 0.717) is 11.1 Å². The van der Waals surface area contributed by atoms with E-state index in [1.807, 2.05) is 6.07 Å². The van der Waals surface area contributed by atoms with Crippen molar-refractivity contribution in [3.05, 3.63) is 59.7 Å². The van der Waals surface area contributed by atoms with Gasteiger partial charge in [0.1, 0.15) is 0 Å². The van der Waals surface area contributed by atoms with Crippen molar-refractivity contribution in [2.24, 2.45) is 0 Å². The number of nitriles is 1. The largest absolute Gasteiger partial charge is 0.417 e. The molecule has 0 aliphatic heterocycles. The van der Waals surface area contributed by atoms with E-state index >= 15 is 0 Å². The van der Waals surface area contributed by atoms with Crippen molar-refractivity contribution in [2.45, 2.75) is 12.6 Å². The van der Waals surface area contributed by atoms with Crippen LogP contribution in [0.15, 0.2) is 48.5 Å². The summed E-state index contributed by atoms with van der Waals surface area (Å²) in [6.07, 6.45) is -4.48. The highest BCUT2D eigenvalue weighted by molar-refractivity contribution is 5.72. The van der Waals surface area contributed by atoms with Gasteiger partial charge in [0, 0.05) is 0 Å². The van der Waals surface area contributed by atoms with Crippen LogP contribution in [0.5, 0.6) is 0 Å². The lowest BCUT2D eigenvalue weighted by Gasteiger charge is -2.16. The Morgan fingerprint density at radius 2 is 1.63 bits per heavy atom. The van der Waals surface area contributed by atoms with E-state index in [4.69, 9.17) is 5.26 Å². The highest BCUT2D eigenvalue weighted by Gasteiger charge is 2.34. The second-order valence-corrected chi connectivity index (χ2v) is 4.04. The summed E-state index contributed by atoms with van der Waals surface area (Å²) in [6, 6.07) is 14.2. The van der Waals surface area contributed by atoms with Crippen molar-refractivity contribution < 1.29 is 13.2 Å². The van der Waals surface area contributed by atoms with Crippen LogP contribution in [-0.4, -0.2) is 0 Å². The van der Waals surface area contributed by atoms with Crippen LogP contribution in [0, 0.1) is 11.3 Å². The maximum absolute atomic E-state index is 13.1. The quantitative estimate of drug-likeness (QED) is 0.784. The molecule has 0 fully saturated rings. The summed E-state index contributed by atoms with van der Waals surface area (Å²) in [5, 5.41) is 8.75. The summed E-state index contributed by atoms with van der Waals surface area (Å²) in [6.45, 7) is 0. The first-order valence-corrected chi connectivity index (χ1v) is 5.65. The van der Waals surface area contributed by atoms with Gasteiger partial charge in [0.2, 0.25) is 0 Å². The summed E-state index contributed by atoms with van der Waals surface area (Å²) < 4.78 is 39.2. The fraction of sp³-hybridized carbons (Fsp3) is 0.133. The Balaban J connectivity index is 2.71.